The largest absolute Gasteiger partial charge is 0.466 e. The van der Waals surface area contributed by atoms with Crippen LogP contribution >= 0.6 is 0 Å². The number of hydrogen-bond acceptors (Lipinski definition) is 5. The van der Waals surface area contributed by atoms with Gasteiger partial charge in [0.15, 0.2) is 0 Å². The molecule has 0 aromatic carbocycles. The van der Waals surface area contributed by atoms with Gasteiger partial charge in [-0.15, -0.1) is 0 Å². The number of unbranched alkanes of at least 4 members (excludes halogenated alkanes) is 61. The van der Waals surface area contributed by atoms with Crippen molar-refractivity contribution in [3.05, 3.63) is 12.2 Å². The number of rotatable bonds is 72. The Kier molecular flexibility index (Phi) is 70.8. The molecule has 0 radical (unpaired) electrons. The number of esters is 1. The molecule has 0 bridgehead atoms. The maximum atomic E-state index is 12.5. The van der Waals surface area contributed by atoms with Crippen LogP contribution in [0.4, 0.5) is 0 Å². The molecule has 6 heteroatoms. The molecule has 2 atom stereocenters. The summed E-state index contributed by atoms with van der Waals surface area (Å²) < 4.78 is 5.49. The Morgan fingerprint density at radius 1 is 0.329 bits per heavy atom. The maximum absolute atomic E-state index is 12.5. The molecule has 0 rings (SSSR count). The minimum atomic E-state index is -0.843. The monoisotopic (exact) mass is 1160 g/mol. The summed E-state index contributed by atoms with van der Waals surface area (Å²) in [7, 11) is 0. The number of nitrogens with one attached hydrogen (secondary N) is 1. The molecule has 0 fully saturated rings. The van der Waals surface area contributed by atoms with Crippen LogP contribution in [0.1, 0.15) is 438 Å². The molecular formula is C76H149NO5. The third kappa shape index (κ3) is 67.7. The van der Waals surface area contributed by atoms with Gasteiger partial charge in [0.1, 0.15) is 0 Å². The van der Waals surface area contributed by atoms with Crippen molar-refractivity contribution in [2.24, 2.45) is 0 Å². The first-order valence-corrected chi connectivity index (χ1v) is 38.0. The highest BCUT2D eigenvalue weighted by atomic mass is 16.5. The molecule has 0 aromatic rings. The molecule has 488 valence electrons. The molecule has 3 N–H and O–H groups in total. The predicted molar refractivity (Wildman–Crippen MR) is 361 cm³/mol. The van der Waals surface area contributed by atoms with Gasteiger partial charge in [0.25, 0.3) is 0 Å². The summed E-state index contributed by atoms with van der Waals surface area (Å²) in [5, 5.41) is 23.3. The highest BCUT2D eigenvalue weighted by Crippen LogP contribution is 2.20. The summed E-state index contributed by atoms with van der Waals surface area (Å²) in [5.41, 5.74) is 0. The lowest BCUT2D eigenvalue weighted by Crippen LogP contribution is -2.45. The maximum Gasteiger partial charge on any atom is 0.305 e. The van der Waals surface area contributed by atoms with Crippen LogP contribution in [0.15, 0.2) is 12.2 Å². The Morgan fingerprint density at radius 3 is 0.829 bits per heavy atom. The minimum absolute atomic E-state index is 0.0203. The van der Waals surface area contributed by atoms with Crippen LogP contribution in [0.5, 0.6) is 0 Å². The zero-order chi connectivity index (χ0) is 59.2. The number of hydrogen-bond donors (Lipinski definition) is 3. The van der Waals surface area contributed by atoms with Gasteiger partial charge < -0.3 is 20.3 Å². The fourth-order valence-electron chi connectivity index (χ4n) is 12.3. The Labute approximate surface area is 514 Å². The van der Waals surface area contributed by atoms with E-state index in [1.165, 1.54) is 372 Å². The Morgan fingerprint density at radius 2 is 0.561 bits per heavy atom. The van der Waals surface area contributed by atoms with Crippen molar-refractivity contribution in [3.63, 3.8) is 0 Å². The molecule has 2 unspecified atom stereocenters. The second-order valence-electron chi connectivity index (χ2n) is 26.4. The van der Waals surface area contributed by atoms with Gasteiger partial charge in [-0.3, -0.25) is 9.59 Å². The molecule has 6 nitrogen and oxygen atoms in total. The third-order valence-electron chi connectivity index (χ3n) is 18.1. The van der Waals surface area contributed by atoms with Gasteiger partial charge in [0.2, 0.25) is 5.91 Å². The molecule has 82 heavy (non-hydrogen) atoms. The van der Waals surface area contributed by atoms with E-state index in [2.05, 4.69) is 19.2 Å². The summed E-state index contributed by atoms with van der Waals surface area (Å²) in [6.45, 7) is 4.96. The average Bonchev–Trinajstić information content (AvgIpc) is 3.48. The van der Waals surface area contributed by atoms with Crippen LogP contribution in [0.25, 0.3) is 0 Å². The van der Waals surface area contributed by atoms with Crippen LogP contribution in [0, 0.1) is 0 Å². The van der Waals surface area contributed by atoms with Crippen LogP contribution in [0.2, 0.25) is 0 Å². The smallest absolute Gasteiger partial charge is 0.305 e. The van der Waals surface area contributed by atoms with E-state index in [0.717, 1.165) is 38.5 Å². The van der Waals surface area contributed by atoms with E-state index < -0.39 is 12.1 Å². The molecule has 0 spiro atoms. The third-order valence-corrected chi connectivity index (χ3v) is 18.1. The van der Waals surface area contributed by atoms with Crippen LogP contribution < -0.4 is 5.32 Å². The number of ether oxygens (including phenoxy) is 1. The number of allylic oxidation sites excluding steroid dienone is 1. The lowest BCUT2D eigenvalue weighted by Gasteiger charge is -2.20. The van der Waals surface area contributed by atoms with Gasteiger partial charge in [-0.05, 0) is 32.1 Å². The molecule has 0 aliphatic carbocycles. The molecule has 1 amide bonds. The lowest BCUT2D eigenvalue weighted by atomic mass is 10.0. The van der Waals surface area contributed by atoms with Gasteiger partial charge in [-0.1, -0.05) is 405 Å². The summed E-state index contributed by atoms with van der Waals surface area (Å²) in [6.07, 6.45) is 90.3. The van der Waals surface area contributed by atoms with Gasteiger partial charge in [-0.25, -0.2) is 0 Å². The van der Waals surface area contributed by atoms with Gasteiger partial charge in [0.05, 0.1) is 25.4 Å². The molecule has 0 aliphatic heterocycles. The van der Waals surface area contributed by atoms with Crippen molar-refractivity contribution >= 4 is 11.9 Å². The Balaban J connectivity index is 3.37. The summed E-state index contributed by atoms with van der Waals surface area (Å²) in [5.74, 6) is -0.0388. The summed E-state index contributed by atoms with van der Waals surface area (Å²) in [4.78, 5) is 24.6. The first-order chi connectivity index (χ1) is 40.5. The zero-order valence-corrected chi connectivity index (χ0v) is 56.0. The second-order valence-corrected chi connectivity index (χ2v) is 26.4. The zero-order valence-electron chi connectivity index (χ0n) is 56.0. The summed E-state index contributed by atoms with van der Waals surface area (Å²) in [6, 6.07) is -0.626. The number of aliphatic hydroxyl groups is 2. The van der Waals surface area contributed by atoms with E-state index >= 15 is 0 Å². The number of amides is 1. The van der Waals surface area contributed by atoms with Crippen LogP contribution in [-0.4, -0.2) is 47.4 Å². The van der Waals surface area contributed by atoms with Crippen molar-refractivity contribution < 1.29 is 24.5 Å². The number of aliphatic hydroxyl groups excluding tert-OH is 2. The molecule has 0 heterocycles. The van der Waals surface area contributed by atoms with Crippen LogP contribution in [0.3, 0.4) is 0 Å². The van der Waals surface area contributed by atoms with Gasteiger partial charge >= 0.3 is 5.97 Å². The summed E-state index contributed by atoms with van der Waals surface area (Å²) >= 11 is 0. The van der Waals surface area contributed by atoms with E-state index in [0.29, 0.717) is 19.4 Å². The quantitative estimate of drug-likeness (QED) is 0.0320. The molecule has 0 saturated carbocycles. The van der Waals surface area contributed by atoms with Crippen molar-refractivity contribution in [2.75, 3.05) is 13.2 Å². The molecular weight excluding hydrogens is 1010 g/mol. The standard InChI is InChI=1S/C76H149NO5/c1-3-5-7-9-11-13-15-17-18-19-20-21-22-27-30-33-36-39-42-45-48-52-56-60-64-68-74(79)73(72-78)77-75(80)69-65-61-57-53-49-46-43-40-37-34-31-28-25-23-24-26-29-32-35-38-41-44-47-51-55-59-63-67-71-82-76(81)70-66-62-58-54-50-16-14-12-10-8-6-4-2/h64,68,73-74,78-79H,3-63,65-67,69-72H2,1-2H3,(H,77,80)/b68-64+. The lowest BCUT2D eigenvalue weighted by molar-refractivity contribution is -0.143. The number of carbonyl (C=O) groups is 2. The van der Waals surface area contributed by atoms with Crippen molar-refractivity contribution in [1.82, 2.24) is 5.32 Å². The topological polar surface area (TPSA) is 95.9 Å². The van der Waals surface area contributed by atoms with E-state index in [9.17, 15) is 19.8 Å². The fourth-order valence-corrected chi connectivity index (χ4v) is 12.3. The minimum Gasteiger partial charge on any atom is -0.466 e. The number of carbonyl (C=O) groups excluding carboxylic acids is 2. The second kappa shape index (κ2) is 72.1. The van der Waals surface area contributed by atoms with Crippen LogP contribution in [-0.2, 0) is 14.3 Å². The first-order valence-electron chi connectivity index (χ1n) is 38.0. The highest BCUT2D eigenvalue weighted by molar-refractivity contribution is 5.76. The van der Waals surface area contributed by atoms with E-state index in [1.807, 2.05) is 6.08 Å². The highest BCUT2D eigenvalue weighted by Gasteiger charge is 2.18. The Hall–Kier alpha value is -1.40. The van der Waals surface area contributed by atoms with Crippen molar-refractivity contribution in [2.45, 2.75) is 450 Å². The fraction of sp³-hybridized carbons (Fsp3) is 0.947. The van der Waals surface area contributed by atoms with E-state index in [-0.39, 0.29) is 18.5 Å². The normalized spacial score (nSPS) is 12.5. The predicted octanol–water partition coefficient (Wildman–Crippen LogP) is 24.7. The van der Waals surface area contributed by atoms with Gasteiger partial charge in [0, 0.05) is 12.8 Å². The first kappa shape index (κ1) is 80.6. The van der Waals surface area contributed by atoms with Crippen molar-refractivity contribution in [3.8, 4) is 0 Å². The van der Waals surface area contributed by atoms with E-state index in [1.54, 1.807) is 6.08 Å². The van der Waals surface area contributed by atoms with Gasteiger partial charge in [-0.2, -0.15) is 0 Å². The molecule has 0 saturated heterocycles. The average molecular weight is 1160 g/mol. The van der Waals surface area contributed by atoms with E-state index in [4.69, 9.17) is 4.74 Å². The Bertz CT molecular complexity index is 1240. The molecule has 0 aliphatic rings. The van der Waals surface area contributed by atoms with Crippen molar-refractivity contribution in [1.29, 1.82) is 0 Å². The SMILES string of the molecule is CCCCCCCCCCCCCCCCCCCCCCCCC/C=C/C(O)C(CO)NC(=O)CCCCCCCCCCCCCCCCCCCCCCCCCCCCCCOC(=O)CCCCCCCCCCCCCC. The molecule has 0 aromatic heterocycles.